The molecule has 3 heteroatoms. The van der Waals surface area contributed by atoms with Gasteiger partial charge in [0.2, 0.25) is 0 Å². The summed E-state index contributed by atoms with van der Waals surface area (Å²) in [6, 6.07) is 20.1. The summed E-state index contributed by atoms with van der Waals surface area (Å²) >= 11 is 0. The van der Waals surface area contributed by atoms with Crippen molar-refractivity contribution in [2.45, 2.75) is 0 Å². The molecule has 0 radical (unpaired) electrons. The molecular weight excluding hydrogens is 599 g/mol. The van der Waals surface area contributed by atoms with Gasteiger partial charge in [0.05, 0.1) is 28.9 Å². The first kappa shape index (κ1) is 17.5. The normalized spacial score (nSPS) is 15.4. The van der Waals surface area contributed by atoms with Crippen LogP contribution in [0.15, 0.2) is 184 Å². The van der Waals surface area contributed by atoms with E-state index in [0.29, 0.717) is 38.5 Å². The van der Waals surface area contributed by atoms with Crippen molar-refractivity contribution in [2.75, 3.05) is 4.90 Å². The molecule has 49 heavy (non-hydrogen) atoms. The van der Waals surface area contributed by atoms with E-state index in [-0.39, 0.29) is 22.5 Å². The Morgan fingerprint density at radius 3 is 2.06 bits per heavy atom. The van der Waals surface area contributed by atoms with Crippen LogP contribution in [-0.4, -0.2) is 0 Å². The van der Waals surface area contributed by atoms with Crippen LogP contribution >= 0.6 is 0 Å². The Balaban J connectivity index is 1.35. The van der Waals surface area contributed by atoms with Crippen LogP contribution in [0.1, 0.15) is 17.8 Å². The maximum Gasteiger partial charge on any atom is 0.143 e. The quantitative estimate of drug-likeness (QED) is 0.187. The Bertz CT molecular complexity index is 3540. The van der Waals surface area contributed by atoms with E-state index in [9.17, 15) is 11.0 Å². The number of benzene rings is 8. The van der Waals surface area contributed by atoms with Gasteiger partial charge in [-0.2, -0.15) is 0 Å². The minimum Gasteiger partial charge on any atom is -0.455 e. The molecule has 0 N–H and O–H groups in total. The van der Waals surface area contributed by atoms with Crippen molar-refractivity contribution in [3.8, 4) is 22.3 Å². The van der Waals surface area contributed by atoms with Crippen LogP contribution in [0, 0.1) is 0 Å². The summed E-state index contributed by atoms with van der Waals surface area (Å²) in [6.45, 7) is 0. The van der Waals surface area contributed by atoms with Gasteiger partial charge in [0.25, 0.3) is 0 Å². The van der Waals surface area contributed by atoms with Crippen LogP contribution < -0.4 is 4.90 Å². The minimum atomic E-state index is -0.756. The number of rotatable bonds is 5. The van der Waals surface area contributed by atoms with Gasteiger partial charge < -0.3 is 13.7 Å². The van der Waals surface area contributed by atoms with E-state index in [0.717, 1.165) is 16.2 Å². The second kappa shape index (κ2) is 11.0. The molecule has 0 bridgehead atoms. The average molecular weight is 641 g/mol. The van der Waals surface area contributed by atoms with Gasteiger partial charge >= 0.3 is 0 Å². The van der Waals surface area contributed by atoms with Crippen molar-refractivity contribution < 1.29 is 26.7 Å². The summed E-state index contributed by atoms with van der Waals surface area (Å²) < 4.78 is 130. The van der Waals surface area contributed by atoms with E-state index in [4.69, 9.17) is 15.7 Å². The second-order valence-electron chi connectivity index (χ2n) is 11.5. The molecule has 0 fully saturated rings. The second-order valence-corrected chi connectivity index (χ2v) is 11.5. The summed E-state index contributed by atoms with van der Waals surface area (Å²) in [6.07, 6.45) is 0. The molecule has 2 aromatic heterocycles. The fourth-order valence-electron chi connectivity index (χ4n) is 6.52. The predicted octanol–water partition coefficient (Wildman–Crippen LogP) is 13.4. The molecule has 0 atom stereocenters. The van der Waals surface area contributed by atoms with E-state index in [1.54, 1.807) is 36.4 Å². The molecule has 0 aliphatic heterocycles. The first-order chi connectivity index (χ1) is 29.7. The number of hydrogen-bond donors (Lipinski definition) is 0. The first-order valence-electron chi connectivity index (χ1n) is 22.0. The van der Waals surface area contributed by atoms with Gasteiger partial charge in [-0.25, -0.2) is 0 Å². The van der Waals surface area contributed by atoms with Gasteiger partial charge in [-0.15, -0.1) is 0 Å². The van der Waals surface area contributed by atoms with Gasteiger partial charge in [-0.1, -0.05) is 127 Å². The van der Waals surface area contributed by atoms with Crippen LogP contribution in [0.3, 0.4) is 0 Å². The zero-order valence-corrected chi connectivity index (χ0v) is 25.5. The lowest BCUT2D eigenvalue weighted by atomic mass is 10.0. The lowest BCUT2D eigenvalue weighted by Gasteiger charge is -2.27. The number of nitrogens with zero attached hydrogens (tertiary/aromatic N) is 1. The molecular formula is C46H29NO2. The van der Waals surface area contributed by atoms with Crippen molar-refractivity contribution >= 4 is 71.7 Å². The van der Waals surface area contributed by atoms with E-state index in [2.05, 4.69) is 0 Å². The van der Waals surface area contributed by atoms with Gasteiger partial charge in [0.1, 0.15) is 22.3 Å². The molecule has 3 nitrogen and oxygen atoms in total. The standard InChI is InChI=1S/C46H29NO2/c1-2-11-30(12-3-1)31-23-26-34(27-24-31)47(41-20-10-22-43-44(41)40-28-25-32-13-4-5-16-36(32)46(40)49-43)35-15-8-14-33(29-35)37-18-9-19-39-38-17-6-7-21-42(38)48-45(37)39/h1-29H/i1D,2D,3D,8D,11D,12D,14D,15D,23D,24D,26D,27D,29D. The summed E-state index contributed by atoms with van der Waals surface area (Å²) in [5, 5.41) is 4.13. The number of anilines is 3. The number of hydrogen-bond acceptors (Lipinski definition) is 3. The Morgan fingerprint density at radius 1 is 0.449 bits per heavy atom. The summed E-state index contributed by atoms with van der Waals surface area (Å²) in [5.41, 5.74) is 0.165. The fraction of sp³-hybridized carbons (Fsp3) is 0. The number of para-hydroxylation sites is 2. The smallest absolute Gasteiger partial charge is 0.143 e. The van der Waals surface area contributed by atoms with Crippen LogP contribution in [0.25, 0.3) is 76.9 Å². The highest BCUT2D eigenvalue weighted by molar-refractivity contribution is 6.19. The van der Waals surface area contributed by atoms with Gasteiger partial charge in [-0.3, -0.25) is 0 Å². The summed E-state index contributed by atoms with van der Waals surface area (Å²) in [5.74, 6) is 0. The van der Waals surface area contributed by atoms with Gasteiger partial charge in [-0.05, 0) is 70.5 Å². The van der Waals surface area contributed by atoms with Crippen molar-refractivity contribution in [3.63, 3.8) is 0 Å². The Morgan fingerprint density at radius 2 is 1.16 bits per heavy atom. The van der Waals surface area contributed by atoms with Crippen molar-refractivity contribution in [2.24, 2.45) is 0 Å². The zero-order chi connectivity index (χ0) is 43.6. The first-order valence-corrected chi connectivity index (χ1v) is 15.5. The third-order valence-corrected chi connectivity index (χ3v) is 8.70. The van der Waals surface area contributed by atoms with Crippen molar-refractivity contribution in [3.05, 3.63) is 176 Å². The Labute approximate surface area is 301 Å². The molecule has 8 aromatic carbocycles. The predicted molar refractivity (Wildman–Crippen MR) is 204 cm³/mol. The molecule has 0 aliphatic rings. The van der Waals surface area contributed by atoms with Crippen LogP contribution in [-0.2, 0) is 0 Å². The summed E-state index contributed by atoms with van der Waals surface area (Å²) in [4.78, 5) is 1.21. The van der Waals surface area contributed by atoms with E-state index in [1.807, 2.05) is 60.7 Å². The minimum absolute atomic E-state index is 0.0862. The van der Waals surface area contributed by atoms with E-state index >= 15 is 0 Å². The highest BCUT2D eigenvalue weighted by atomic mass is 16.3. The van der Waals surface area contributed by atoms with Gasteiger partial charge in [0.15, 0.2) is 0 Å². The monoisotopic (exact) mass is 640 g/mol. The maximum absolute atomic E-state index is 9.94. The molecule has 0 saturated carbocycles. The zero-order valence-electron chi connectivity index (χ0n) is 38.5. The molecule has 0 amide bonds. The topological polar surface area (TPSA) is 29.5 Å². The molecule has 0 saturated heterocycles. The van der Waals surface area contributed by atoms with E-state index < -0.39 is 95.4 Å². The fourth-order valence-corrected chi connectivity index (χ4v) is 6.52. The van der Waals surface area contributed by atoms with Crippen LogP contribution in [0.4, 0.5) is 17.1 Å². The molecule has 0 unspecified atom stereocenters. The van der Waals surface area contributed by atoms with E-state index in [1.165, 1.54) is 4.90 Å². The Kier molecular flexibility index (Phi) is 3.94. The largest absolute Gasteiger partial charge is 0.455 e. The molecule has 230 valence electrons. The lowest BCUT2D eigenvalue weighted by molar-refractivity contribution is 0.670. The molecule has 10 aromatic rings. The highest BCUT2D eigenvalue weighted by Crippen LogP contribution is 2.45. The van der Waals surface area contributed by atoms with Crippen LogP contribution in [0.2, 0.25) is 0 Å². The van der Waals surface area contributed by atoms with Gasteiger partial charge in [0, 0.05) is 38.5 Å². The molecule has 2 heterocycles. The van der Waals surface area contributed by atoms with Crippen molar-refractivity contribution in [1.29, 1.82) is 0 Å². The SMILES string of the molecule is [2H]c1c([2H])c([2H])c(-c2c([2H])c([2H])c(N(c3c([2H])c([2H])c([2H])c(-c4cccc5c4oc4ccccc45)c3[2H])c3cccc4oc5c6ccccc6ccc5c34)c([2H])c2[2H])c([2H])c1[2H]. The maximum atomic E-state index is 9.94. The highest BCUT2D eigenvalue weighted by Gasteiger charge is 2.21. The third-order valence-electron chi connectivity index (χ3n) is 8.70. The number of furan rings is 2. The lowest BCUT2D eigenvalue weighted by Crippen LogP contribution is -2.10. The molecule has 0 aliphatic carbocycles. The summed E-state index contributed by atoms with van der Waals surface area (Å²) in [7, 11) is 0. The Hall–Kier alpha value is -6.58. The molecule has 0 spiro atoms. The average Bonchev–Trinajstić information content (AvgIpc) is 3.86. The molecule has 10 rings (SSSR count). The third kappa shape index (κ3) is 4.44. The van der Waals surface area contributed by atoms with Crippen LogP contribution in [0.5, 0.6) is 0 Å². The van der Waals surface area contributed by atoms with Crippen molar-refractivity contribution in [1.82, 2.24) is 0 Å². The number of fused-ring (bicyclic) bond motifs is 8.